The van der Waals surface area contributed by atoms with Crippen LogP contribution in [0, 0.1) is 13.8 Å². The molecule has 0 amide bonds. The lowest BCUT2D eigenvalue weighted by Gasteiger charge is -2.36. The van der Waals surface area contributed by atoms with E-state index in [0.29, 0.717) is 10.6 Å². The third kappa shape index (κ3) is 3.39. The molecule has 0 radical (unpaired) electrons. The monoisotopic (exact) mass is 487 g/mol. The average molecular weight is 488 g/mol. The van der Waals surface area contributed by atoms with Crippen molar-refractivity contribution in [3.8, 4) is 0 Å². The first-order valence-electron chi connectivity index (χ1n) is 12.1. The van der Waals surface area contributed by atoms with Crippen LogP contribution in [0.3, 0.4) is 0 Å². The Morgan fingerprint density at radius 2 is 1.74 bits per heavy atom. The van der Waals surface area contributed by atoms with E-state index in [9.17, 15) is 19.4 Å². The predicted octanol–water partition coefficient (Wildman–Crippen LogP) is 4.23. The minimum Gasteiger partial charge on any atom is -0.478 e. The molecule has 2 aromatic carbocycles. The Balaban J connectivity index is 1.65. The highest BCUT2D eigenvalue weighted by Crippen LogP contribution is 2.60. The van der Waals surface area contributed by atoms with Gasteiger partial charge in [0.05, 0.1) is 22.6 Å². The second-order valence-corrected chi connectivity index (χ2v) is 11.9. The van der Waals surface area contributed by atoms with E-state index in [2.05, 4.69) is 9.48 Å². The van der Waals surface area contributed by atoms with Crippen molar-refractivity contribution in [2.45, 2.75) is 26.7 Å². The molecular weight excluding hydrogens is 459 g/mol. The molecule has 35 heavy (non-hydrogen) atoms. The predicted molar refractivity (Wildman–Crippen MR) is 138 cm³/mol. The molecule has 2 aromatic rings. The van der Waals surface area contributed by atoms with Crippen LogP contribution in [0.15, 0.2) is 59.4 Å². The normalized spacial score (nSPS) is 22.8. The number of aromatic carboxylic acids is 1. The van der Waals surface area contributed by atoms with Gasteiger partial charge in [0.25, 0.3) is 7.37 Å². The maximum Gasteiger partial charge on any atom is 0.335 e. The number of carboxylic acids is 1. The summed E-state index contributed by atoms with van der Waals surface area (Å²) in [6.07, 6.45) is 8.15. The lowest BCUT2D eigenvalue weighted by atomic mass is 9.84. The number of hydrogen-bond donors (Lipinski definition) is 2. The van der Waals surface area contributed by atoms with Crippen LogP contribution in [0.1, 0.15) is 45.5 Å². The van der Waals surface area contributed by atoms with Crippen molar-refractivity contribution in [1.82, 2.24) is 0 Å². The van der Waals surface area contributed by atoms with Gasteiger partial charge in [-0.2, -0.15) is 0 Å². The Hall–Kier alpha value is -3.21. The van der Waals surface area contributed by atoms with E-state index < -0.39 is 13.3 Å². The molecule has 0 spiro atoms. The Kier molecular flexibility index (Phi) is 5.03. The molecule has 1 unspecified atom stereocenters. The topological polar surface area (TPSA) is 80.8 Å². The van der Waals surface area contributed by atoms with Gasteiger partial charge in [0.15, 0.2) is 0 Å². The summed E-state index contributed by atoms with van der Waals surface area (Å²) in [6.45, 7) is 7.64. The van der Waals surface area contributed by atoms with Crippen LogP contribution >= 0.6 is 7.37 Å². The molecule has 7 heteroatoms. The second kappa shape index (κ2) is 7.91. The number of fused-ring (bicyclic) bond motifs is 2. The summed E-state index contributed by atoms with van der Waals surface area (Å²) in [7, 11) is -3.85. The highest BCUT2D eigenvalue weighted by atomic mass is 31.2. The van der Waals surface area contributed by atoms with Crippen LogP contribution in [0.25, 0.3) is 5.57 Å². The van der Waals surface area contributed by atoms with Gasteiger partial charge in [-0.1, -0.05) is 6.07 Å². The fourth-order valence-electron chi connectivity index (χ4n) is 5.53. The molecule has 0 aromatic heterocycles. The Morgan fingerprint density at radius 1 is 1.03 bits per heavy atom. The standard InChI is InChI=1S/C28H27N2O4P/c1-17-13-19(28(31)32)14-18(2)26(17)27-22-7-5-20(29-9-3-10-29)15-24(22)35(33,34)25-16-21(6-8-23(25)27)30-11-4-12-30/h5-8,13-16H,3-4,9-12H2,1-2H3,(H-,31,32,33,34)/p+1. The van der Waals surface area contributed by atoms with Gasteiger partial charge in [-0.25, -0.2) is 9.37 Å². The largest absolute Gasteiger partial charge is 0.478 e. The molecule has 1 aliphatic carbocycles. The molecule has 0 bridgehead atoms. The number of hydrogen-bond acceptors (Lipinski definition) is 3. The molecule has 0 saturated carbocycles. The van der Waals surface area contributed by atoms with Crippen molar-refractivity contribution < 1.29 is 23.9 Å². The van der Waals surface area contributed by atoms with E-state index in [1.54, 1.807) is 12.1 Å². The fourth-order valence-corrected chi connectivity index (χ4v) is 7.43. The summed E-state index contributed by atoms with van der Waals surface area (Å²) in [4.78, 5) is 25.5. The van der Waals surface area contributed by atoms with Gasteiger partial charge >= 0.3 is 5.97 Å². The zero-order valence-electron chi connectivity index (χ0n) is 19.9. The molecule has 3 aliphatic heterocycles. The lowest BCUT2D eigenvalue weighted by Crippen LogP contribution is -2.37. The third-order valence-corrected chi connectivity index (χ3v) is 9.67. The Labute approximate surface area is 204 Å². The number of allylic oxidation sites excluding steroid dienone is 5. The van der Waals surface area contributed by atoms with Crippen LogP contribution < -0.4 is 10.2 Å². The van der Waals surface area contributed by atoms with Gasteiger partial charge in [0.1, 0.15) is 13.1 Å². The second-order valence-electron chi connectivity index (χ2n) is 9.83. The summed E-state index contributed by atoms with van der Waals surface area (Å²) in [5.74, 6) is -0.963. The number of aryl methyl sites for hydroxylation is 2. The van der Waals surface area contributed by atoms with Gasteiger partial charge in [-0.3, -0.25) is 4.57 Å². The SMILES string of the molecule is Cc1cc(C(=O)O)cc(C)c1C1=C2C=CC(=[N+]3CCC3)C=C2P(=O)(O)c2cc(N3CCC3)ccc21. The molecule has 6 rings (SSSR count). The zero-order chi connectivity index (χ0) is 24.5. The number of carboxylic acid groups (broad SMARTS) is 1. The van der Waals surface area contributed by atoms with Gasteiger partial charge in [0.2, 0.25) is 5.71 Å². The average Bonchev–Trinajstić information content (AvgIpc) is 2.73. The first kappa shape index (κ1) is 22.3. The zero-order valence-corrected chi connectivity index (χ0v) is 20.8. The van der Waals surface area contributed by atoms with E-state index in [-0.39, 0.29) is 5.56 Å². The van der Waals surface area contributed by atoms with Crippen molar-refractivity contribution in [3.05, 3.63) is 87.3 Å². The van der Waals surface area contributed by atoms with E-state index in [4.69, 9.17) is 0 Å². The van der Waals surface area contributed by atoms with Crippen LogP contribution in [0.5, 0.6) is 0 Å². The van der Waals surface area contributed by atoms with E-state index >= 15 is 0 Å². The van der Waals surface area contributed by atoms with Crippen molar-refractivity contribution in [2.75, 3.05) is 31.1 Å². The van der Waals surface area contributed by atoms with E-state index in [0.717, 1.165) is 83.8 Å². The highest BCUT2D eigenvalue weighted by molar-refractivity contribution is 7.71. The maximum absolute atomic E-state index is 14.2. The minimum atomic E-state index is -3.85. The van der Waals surface area contributed by atoms with Crippen molar-refractivity contribution in [3.63, 3.8) is 0 Å². The summed E-state index contributed by atoms with van der Waals surface area (Å²) in [5.41, 5.74) is 7.18. The Bertz CT molecular complexity index is 1460. The smallest absolute Gasteiger partial charge is 0.335 e. The first-order chi connectivity index (χ1) is 16.8. The van der Waals surface area contributed by atoms with Gasteiger partial charge in [-0.05, 0) is 84.0 Å². The molecule has 178 valence electrons. The van der Waals surface area contributed by atoms with Gasteiger partial charge in [-0.15, -0.1) is 0 Å². The number of anilines is 1. The number of rotatable bonds is 3. The number of nitrogens with zero attached hydrogens (tertiary/aromatic N) is 2. The van der Waals surface area contributed by atoms with E-state index in [1.807, 2.05) is 50.3 Å². The molecule has 6 nitrogen and oxygen atoms in total. The minimum absolute atomic E-state index is 0.245. The van der Waals surface area contributed by atoms with Gasteiger partial charge in [0, 0.05) is 30.9 Å². The molecule has 2 saturated heterocycles. The third-order valence-electron chi connectivity index (χ3n) is 7.63. The molecule has 2 fully saturated rings. The molecule has 1 atom stereocenters. The van der Waals surface area contributed by atoms with E-state index in [1.165, 1.54) is 0 Å². The Morgan fingerprint density at radius 3 is 2.31 bits per heavy atom. The van der Waals surface area contributed by atoms with Crippen molar-refractivity contribution >= 4 is 35.6 Å². The van der Waals surface area contributed by atoms with Crippen LogP contribution in [0.4, 0.5) is 5.69 Å². The lowest BCUT2D eigenvalue weighted by molar-refractivity contribution is -0.582. The number of carbonyl (C=O) groups is 1. The molecule has 3 heterocycles. The van der Waals surface area contributed by atoms with Crippen LogP contribution in [0.2, 0.25) is 0 Å². The quantitative estimate of drug-likeness (QED) is 0.500. The number of benzene rings is 2. The summed E-state index contributed by atoms with van der Waals surface area (Å²) in [5, 5.41) is 10.5. The maximum atomic E-state index is 14.2. The van der Waals surface area contributed by atoms with Crippen molar-refractivity contribution in [1.29, 1.82) is 0 Å². The first-order valence-corrected chi connectivity index (χ1v) is 13.8. The van der Waals surface area contributed by atoms with Crippen LogP contribution in [-0.4, -0.2) is 52.4 Å². The summed E-state index contributed by atoms with van der Waals surface area (Å²) in [6, 6.07) is 9.27. The highest BCUT2D eigenvalue weighted by Gasteiger charge is 2.42. The molecule has 2 N–H and O–H groups in total. The van der Waals surface area contributed by atoms with Crippen molar-refractivity contribution in [2.24, 2.45) is 0 Å². The molecular formula is C28H28N2O4P+. The fraction of sp³-hybridized carbons (Fsp3) is 0.286. The summed E-state index contributed by atoms with van der Waals surface area (Å²) < 4.78 is 16.4. The van der Waals surface area contributed by atoms with Crippen LogP contribution in [-0.2, 0) is 4.57 Å². The summed E-state index contributed by atoms with van der Waals surface area (Å²) >= 11 is 0. The van der Waals surface area contributed by atoms with Gasteiger partial charge < -0.3 is 14.9 Å². The molecule has 4 aliphatic rings.